The van der Waals surface area contributed by atoms with E-state index in [4.69, 9.17) is 20.9 Å². The molecule has 1 N–H and O–H groups in total. The maximum atomic E-state index is 12.5. The Morgan fingerprint density at radius 3 is 2.71 bits per heavy atom. The molecular formula is C20H16ClN3O6S. The molecule has 4 rings (SSSR count). The van der Waals surface area contributed by atoms with E-state index < -0.39 is 29.8 Å². The summed E-state index contributed by atoms with van der Waals surface area (Å²) in [5, 5.41) is 4.31. The molecule has 1 aliphatic heterocycles. The quantitative estimate of drug-likeness (QED) is 0.439. The lowest BCUT2D eigenvalue weighted by molar-refractivity contribution is -0.197. The van der Waals surface area contributed by atoms with Gasteiger partial charge in [-0.3, -0.25) is 9.59 Å². The molecular weight excluding hydrogens is 446 g/mol. The highest BCUT2D eigenvalue weighted by atomic mass is 35.5. The molecule has 31 heavy (non-hydrogen) atoms. The fraction of sp³-hybridized carbons (Fsp3) is 0.250. The number of carbonyl (C=O) groups excluding carboxylic acids is 3. The SMILES string of the molecule is Cc1c(CC(=O)ON2C(=O)CCC2=O)c(=O)oc2cc(NCc3cnc(Cl)s3)ccc12. The third-order valence-corrected chi connectivity index (χ3v) is 5.91. The highest BCUT2D eigenvalue weighted by Crippen LogP contribution is 2.25. The predicted octanol–water partition coefficient (Wildman–Crippen LogP) is 2.97. The molecule has 2 amide bonds. The van der Waals surface area contributed by atoms with Crippen LogP contribution in [0.3, 0.4) is 0 Å². The van der Waals surface area contributed by atoms with Gasteiger partial charge in [-0.15, -0.1) is 16.4 Å². The fourth-order valence-corrected chi connectivity index (χ4v) is 4.12. The van der Waals surface area contributed by atoms with Crippen molar-refractivity contribution in [3.63, 3.8) is 0 Å². The van der Waals surface area contributed by atoms with Crippen LogP contribution in [-0.4, -0.2) is 27.8 Å². The van der Waals surface area contributed by atoms with Gasteiger partial charge in [0.1, 0.15) is 5.58 Å². The van der Waals surface area contributed by atoms with E-state index in [0.717, 1.165) is 10.6 Å². The Bertz CT molecular complexity index is 1250. The van der Waals surface area contributed by atoms with Gasteiger partial charge in [-0.25, -0.2) is 14.6 Å². The monoisotopic (exact) mass is 461 g/mol. The van der Waals surface area contributed by atoms with Crippen LogP contribution in [0, 0.1) is 6.92 Å². The fourth-order valence-electron chi connectivity index (χ4n) is 3.20. The van der Waals surface area contributed by atoms with Crippen LogP contribution in [-0.2, 0) is 32.2 Å². The summed E-state index contributed by atoms with van der Waals surface area (Å²) in [6.45, 7) is 2.21. The molecule has 1 aromatic carbocycles. The number of rotatable bonds is 6. The van der Waals surface area contributed by atoms with Crippen LogP contribution < -0.4 is 10.9 Å². The number of fused-ring (bicyclic) bond motifs is 1. The molecule has 0 bridgehead atoms. The minimum atomic E-state index is -0.889. The number of halogens is 1. The number of benzene rings is 1. The second kappa shape index (κ2) is 8.48. The minimum Gasteiger partial charge on any atom is -0.422 e. The van der Waals surface area contributed by atoms with Crippen molar-refractivity contribution in [2.45, 2.75) is 32.7 Å². The van der Waals surface area contributed by atoms with Gasteiger partial charge in [-0.05, 0) is 24.6 Å². The lowest BCUT2D eigenvalue weighted by Crippen LogP contribution is -2.33. The van der Waals surface area contributed by atoms with Crippen LogP contribution in [0.25, 0.3) is 11.0 Å². The molecule has 2 aromatic heterocycles. The number of nitrogens with zero attached hydrogens (tertiary/aromatic N) is 2. The van der Waals surface area contributed by atoms with Crippen molar-refractivity contribution >= 4 is 57.4 Å². The van der Waals surface area contributed by atoms with Gasteiger partial charge in [0.25, 0.3) is 11.8 Å². The summed E-state index contributed by atoms with van der Waals surface area (Å²) in [4.78, 5) is 57.6. The molecule has 9 nitrogen and oxygen atoms in total. The van der Waals surface area contributed by atoms with Crippen molar-refractivity contribution in [2.75, 3.05) is 5.32 Å². The first kappa shape index (κ1) is 21.0. The minimum absolute atomic E-state index is 0.00431. The Morgan fingerprint density at radius 1 is 1.29 bits per heavy atom. The number of imide groups is 1. The lowest BCUT2D eigenvalue weighted by Gasteiger charge is -2.13. The number of nitrogens with one attached hydrogen (secondary N) is 1. The third-order valence-electron chi connectivity index (χ3n) is 4.80. The average molecular weight is 462 g/mol. The Labute approximate surface area is 184 Å². The van der Waals surface area contributed by atoms with Crippen LogP contribution in [0.15, 0.2) is 33.6 Å². The second-order valence-corrected chi connectivity index (χ2v) is 8.56. The maximum absolute atomic E-state index is 12.5. The molecule has 0 radical (unpaired) electrons. The normalized spacial score (nSPS) is 13.8. The number of aromatic nitrogens is 1. The summed E-state index contributed by atoms with van der Waals surface area (Å²) in [5.41, 5.74) is 1.07. The number of carbonyl (C=O) groups is 3. The standard InChI is InChI=1S/C20H16ClN3O6S/c1-10-13-3-2-11(22-8-12-9-23-20(21)31-12)6-15(13)29-19(28)14(10)7-18(27)30-24-16(25)4-5-17(24)26/h2-3,6,9,22H,4-5,7-8H2,1H3. The number of amides is 2. The molecule has 0 saturated carbocycles. The number of hydrogen-bond donors (Lipinski definition) is 1. The highest BCUT2D eigenvalue weighted by Gasteiger charge is 2.33. The first-order valence-electron chi connectivity index (χ1n) is 9.29. The third kappa shape index (κ3) is 4.44. The number of aryl methyl sites for hydroxylation is 1. The van der Waals surface area contributed by atoms with Crippen molar-refractivity contribution in [1.82, 2.24) is 10.0 Å². The van der Waals surface area contributed by atoms with Crippen molar-refractivity contribution in [3.05, 3.63) is 55.3 Å². The van der Waals surface area contributed by atoms with Gasteiger partial charge in [0.2, 0.25) is 0 Å². The molecule has 0 aliphatic carbocycles. The van der Waals surface area contributed by atoms with Crippen LogP contribution >= 0.6 is 22.9 Å². The van der Waals surface area contributed by atoms with Gasteiger partial charge < -0.3 is 14.6 Å². The topological polar surface area (TPSA) is 119 Å². The molecule has 0 unspecified atom stereocenters. The summed E-state index contributed by atoms with van der Waals surface area (Å²) in [6, 6.07) is 5.29. The maximum Gasteiger partial charge on any atom is 0.340 e. The smallest absolute Gasteiger partial charge is 0.340 e. The van der Waals surface area contributed by atoms with E-state index in [0.29, 0.717) is 32.6 Å². The number of hydrogen-bond acceptors (Lipinski definition) is 9. The number of anilines is 1. The number of thiazole rings is 1. The van der Waals surface area contributed by atoms with E-state index in [-0.39, 0.29) is 18.4 Å². The predicted molar refractivity (Wildman–Crippen MR) is 113 cm³/mol. The van der Waals surface area contributed by atoms with Gasteiger partial charge in [0.05, 0.1) is 18.5 Å². The van der Waals surface area contributed by atoms with Crippen LogP contribution in [0.4, 0.5) is 5.69 Å². The van der Waals surface area contributed by atoms with Gasteiger partial charge in [-0.2, -0.15) is 0 Å². The van der Waals surface area contributed by atoms with Crippen molar-refractivity contribution in [2.24, 2.45) is 0 Å². The van der Waals surface area contributed by atoms with E-state index in [1.54, 1.807) is 25.3 Å². The van der Waals surface area contributed by atoms with E-state index in [2.05, 4.69) is 10.3 Å². The van der Waals surface area contributed by atoms with E-state index in [9.17, 15) is 19.2 Å². The summed E-state index contributed by atoms with van der Waals surface area (Å²) < 4.78 is 5.86. The molecule has 1 fully saturated rings. The zero-order chi connectivity index (χ0) is 22.1. The Hall–Kier alpha value is -3.24. The Morgan fingerprint density at radius 2 is 2.03 bits per heavy atom. The van der Waals surface area contributed by atoms with E-state index >= 15 is 0 Å². The molecule has 0 spiro atoms. The highest BCUT2D eigenvalue weighted by molar-refractivity contribution is 7.15. The van der Waals surface area contributed by atoms with E-state index in [1.807, 2.05) is 6.07 Å². The van der Waals surface area contributed by atoms with E-state index in [1.165, 1.54) is 11.3 Å². The summed E-state index contributed by atoms with van der Waals surface area (Å²) in [5.74, 6) is -2.05. The van der Waals surface area contributed by atoms with Crippen molar-refractivity contribution < 1.29 is 23.6 Å². The molecule has 3 heterocycles. The lowest BCUT2D eigenvalue weighted by atomic mass is 10.0. The average Bonchev–Trinajstić information content (AvgIpc) is 3.29. The zero-order valence-corrected chi connectivity index (χ0v) is 17.8. The second-order valence-electron chi connectivity index (χ2n) is 6.86. The molecule has 1 saturated heterocycles. The van der Waals surface area contributed by atoms with Crippen LogP contribution in [0.2, 0.25) is 4.47 Å². The van der Waals surface area contributed by atoms with Gasteiger partial charge in [0, 0.05) is 41.1 Å². The van der Waals surface area contributed by atoms with Crippen LogP contribution in [0.5, 0.6) is 0 Å². The largest absolute Gasteiger partial charge is 0.422 e. The molecule has 3 aromatic rings. The summed E-state index contributed by atoms with van der Waals surface area (Å²) in [6.07, 6.45) is 1.25. The summed E-state index contributed by atoms with van der Waals surface area (Å²) in [7, 11) is 0. The Balaban J connectivity index is 1.52. The number of hydroxylamine groups is 2. The van der Waals surface area contributed by atoms with Crippen molar-refractivity contribution in [1.29, 1.82) is 0 Å². The van der Waals surface area contributed by atoms with Crippen LogP contribution in [0.1, 0.15) is 28.8 Å². The van der Waals surface area contributed by atoms with Crippen molar-refractivity contribution in [3.8, 4) is 0 Å². The Kier molecular flexibility index (Phi) is 5.75. The molecule has 0 atom stereocenters. The zero-order valence-electron chi connectivity index (χ0n) is 16.3. The molecule has 160 valence electrons. The molecule has 1 aliphatic rings. The van der Waals surface area contributed by atoms with Gasteiger partial charge in [0.15, 0.2) is 4.47 Å². The first-order chi connectivity index (χ1) is 14.8. The summed E-state index contributed by atoms with van der Waals surface area (Å²) >= 11 is 7.19. The van der Waals surface area contributed by atoms with Gasteiger partial charge in [-0.1, -0.05) is 11.6 Å². The van der Waals surface area contributed by atoms with Gasteiger partial charge >= 0.3 is 11.6 Å². The molecule has 11 heteroatoms. The first-order valence-corrected chi connectivity index (χ1v) is 10.5.